The Morgan fingerprint density at radius 2 is 2.29 bits per heavy atom. The number of hydrogen-bond donors (Lipinski definition) is 1. The van der Waals surface area contributed by atoms with Gasteiger partial charge in [-0.05, 0) is 13.3 Å². The molecule has 6 heteroatoms. The molecule has 0 spiro atoms. The third-order valence-corrected chi connectivity index (χ3v) is 2.89. The highest BCUT2D eigenvalue weighted by atomic mass is 32.1. The lowest BCUT2D eigenvalue weighted by molar-refractivity contribution is -0.138. The molecule has 1 aromatic rings. The van der Waals surface area contributed by atoms with E-state index in [9.17, 15) is 4.79 Å². The van der Waals surface area contributed by atoms with Gasteiger partial charge in [-0.2, -0.15) is 0 Å². The van der Waals surface area contributed by atoms with E-state index in [2.05, 4.69) is 10.2 Å². The van der Waals surface area contributed by atoms with Crippen molar-refractivity contribution in [3.63, 3.8) is 0 Å². The molecule has 0 saturated heterocycles. The summed E-state index contributed by atoms with van der Waals surface area (Å²) in [6, 6.07) is -0.526. The summed E-state index contributed by atoms with van der Waals surface area (Å²) in [6.45, 7) is 3.68. The van der Waals surface area contributed by atoms with Gasteiger partial charge in [0.15, 0.2) is 0 Å². The smallest absolute Gasteiger partial charge is 0.326 e. The minimum absolute atomic E-state index is 0.526. The van der Waals surface area contributed by atoms with E-state index in [1.54, 1.807) is 11.9 Å². The summed E-state index contributed by atoms with van der Waals surface area (Å²) in [6.07, 6.45) is 0.546. The molecule has 1 rings (SSSR count). The summed E-state index contributed by atoms with van der Waals surface area (Å²) in [5.41, 5.74) is 0. The first-order valence-electron chi connectivity index (χ1n) is 4.32. The Hall–Kier alpha value is -1.17. The first kappa shape index (κ1) is 10.9. The van der Waals surface area contributed by atoms with Gasteiger partial charge in [-0.3, -0.25) is 0 Å². The van der Waals surface area contributed by atoms with Crippen LogP contribution in [0.2, 0.25) is 0 Å². The van der Waals surface area contributed by atoms with Gasteiger partial charge in [0.05, 0.1) is 0 Å². The van der Waals surface area contributed by atoms with Crippen molar-refractivity contribution in [2.45, 2.75) is 26.3 Å². The highest BCUT2D eigenvalue weighted by Gasteiger charge is 2.22. The number of aromatic nitrogens is 2. The summed E-state index contributed by atoms with van der Waals surface area (Å²) in [4.78, 5) is 12.5. The molecule has 1 atom stereocenters. The molecule has 1 N–H and O–H groups in total. The molecule has 0 aromatic carbocycles. The van der Waals surface area contributed by atoms with Gasteiger partial charge < -0.3 is 10.0 Å². The Morgan fingerprint density at radius 1 is 1.64 bits per heavy atom. The number of nitrogens with zero attached hydrogens (tertiary/aromatic N) is 3. The summed E-state index contributed by atoms with van der Waals surface area (Å²) in [5.74, 6) is -0.831. The van der Waals surface area contributed by atoms with Crippen LogP contribution in [-0.4, -0.2) is 34.4 Å². The summed E-state index contributed by atoms with van der Waals surface area (Å²) < 4.78 is 0. The Bertz CT molecular complexity index is 326. The van der Waals surface area contributed by atoms with Gasteiger partial charge in [0.1, 0.15) is 11.0 Å². The predicted molar refractivity (Wildman–Crippen MR) is 54.8 cm³/mol. The van der Waals surface area contributed by atoms with E-state index in [0.29, 0.717) is 11.6 Å². The van der Waals surface area contributed by atoms with Crippen molar-refractivity contribution in [2.75, 3.05) is 11.9 Å². The Labute approximate surface area is 86.4 Å². The van der Waals surface area contributed by atoms with Crippen LogP contribution in [-0.2, 0) is 4.79 Å². The van der Waals surface area contributed by atoms with Crippen LogP contribution in [0.3, 0.4) is 0 Å². The number of carboxylic acid groups (broad SMARTS) is 1. The van der Waals surface area contributed by atoms with Crippen LogP contribution in [0.4, 0.5) is 5.13 Å². The fourth-order valence-electron chi connectivity index (χ4n) is 1.18. The van der Waals surface area contributed by atoms with Crippen molar-refractivity contribution < 1.29 is 9.90 Å². The molecule has 5 nitrogen and oxygen atoms in total. The van der Waals surface area contributed by atoms with E-state index < -0.39 is 12.0 Å². The zero-order chi connectivity index (χ0) is 10.7. The minimum atomic E-state index is -0.831. The largest absolute Gasteiger partial charge is 0.480 e. The molecule has 0 aliphatic heterocycles. The molecule has 0 fully saturated rings. The fraction of sp³-hybridized carbons (Fsp3) is 0.625. The van der Waals surface area contributed by atoms with E-state index in [1.807, 2.05) is 13.8 Å². The first-order valence-corrected chi connectivity index (χ1v) is 5.13. The number of rotatable bonds is 4. The van der Waals surface area contributed by atoms with Crippen LogP contribution in [0.15, 0.2) is 0 Å². The van der Waals surface area contributed by atoms with Crippen LogP contribution in [0.25, 0.3) is 0 Å². The van der Waals surface area contributed by atoms with Crippen LogP contribution < -0.4 is 4.90 Å². The van der Waals surface area contributed by atoms with Crippen molar-refractivity contribution in [3.8, 4) is 0 Å². The maximum atomic E-state index is 10.9. The van der Waals surface area contributed by atoms with E-state index in [-0.39, 0.29) is 0 Å². The Morgan fingerprint density at radius 3 is 2.64 bits per heavy atom. The van der Waals surface area contributed by atoms with Crippen LogP contribution in [0, 0.1) is 6.92 Å². The quantitative estimate of drug-likeness (QED) is 0.816. The molecule has 1 unspecified atom stereocenters. The number of carboxylic acids is 1. The summed E-state index contributed by atoms with van der Waals surface area (Å²) in [7, 11) is 1.72. The molecule has 1 heterocycles. The molecule has 0 aliphatic carbocycles. The summed E-state index contributed by atoms with van der Waals surface area (Å²) in [5, 5.41) is 18.2. The molecular formula is C8H13N3O2S. The predicted octanol–water partition coefficient (Wildman–Crippen LogP) is 1.15. The minimum Gasteiger partial charge on any atom is -0.480 e. The molecule has 1 aromatic heterocycles. The molecule has 14 heavy (non-hydrogen) atoms. The second-order valence-electron chi connectivity index (χ2n) is 2.98. The van der Waals surface area contributed by atoms with Gasteiger partial charge >= 0.3 is 5.97 Å². The molecule has 0 saturated carbocycles. The highest BCUT2D eigenvalue weighted by molar-refractivity contribution is 7.15. The Balaban J connectivity index is 2.82. The van der Waals surface area contributed by atoms with Crippen molar-refractivity contribution in [3.05, 3.63) is 5.01 Å². The van der Waals surface area contributed by atoms with Gasteiger partial charge in [0.25, 0.3) is 0 Å². The van der Waals surface area contributed by atoms with E-state index >= 15 is 0 Å². The maximum Gasteiger partial charge on any atom is 0.326 e. The van der Waals surface area contributed by atoms with Crippen molar-refractivity contribution in [1.29, 1.82) is 0 Å². The van der Waals surface area contributed by atoms with Gasteiger partial charge in [0, 0.05) is 7.05 Å². The standard InChI is InChI=1S/C8H13N3O2S/c1-4-6(7(12)13)11(3)8-10-9-5(2)14-8/h6H,4H2,1-3H3,(H,12,13). The fourth-order valence-corrected chi connectivity index (χ4v) is 1.87. The van der Waals surface area contributed by atoms with Crippen LogP contribution in [0.5, 0.6) is 0 Å². The van der Waals surface area contributed by atoms with E-state index in [0.717, 1.165) is 5.01 Å². The first-order chi connectivity index (χ1) is 6.56. The number of hydrogen-bond acceptors (Lipinski definition) is 5. The third kappa shape index (κ3) is 2.20. The zero-order valence-electron chi connectivity index (χ0n) is 8.39. The van der Waals surface area contributed by atoms with Crippen LogP contribution in [0.1, 0.15) is 18.4 Å². The normalized spacial score (nSPS) is 12.5. The molecule has 0 bridgehead atoms. The highest BCUT2D eigenvalue weighted by Crippen LogP contribution is 2.21. The van der Waals surface area contributed by atoms with Gasteiger partial charge in [-0.25, -0.2) is 4.79 Å². The SMILES string of the molecule is CCC(C(=O)O)N(C)c1nnc(C)s1. The maximum absolute atomic E-state index is 10.9. The van der Waals surface area contributed by atoms with E-state index in [1.165, 1.54) is 11.3 Å². The average Bonchev–Trinajstić information content (AvgIpc) is 2.52. The molecular weight excluding hydrogens is 202 g/mol. The number of aliphatic carboxylic acids is 1. The van der Waals surface area contributed by atoms with Crippen molar-refractivity contribution >= 4 is 22.4 Å². The second kappa shape index (κ2) is 4.36. The lowest BCUT2D eigenvalue weighted by atomic mass is 10.2. The van der Waals surface area contributed by atoms with Crippen molar-refractivity contribution in [1.82, 2.24) is 10.2 Å². The molecule has 0 amide bonds. The lowest BCUT2D eigenvalue weighted by Gasteiger charge is -2.21. The lowest BCUT2D eigenvalue weighted by Crippen LogP contribution is -2.37. The number of anilines is 1. The van der Waals surface area contributed by atoms with E-state index in [4.69, 9.17) is 5.11 Å². The topological polar surface area (TPSA) is 66.3 Å². The van der Waals surface area contributed by atoms with Crippen LogP contribution >= 0.6 is 11.3 Å². The van der Waals surface area contributed by atoms with Gasteiger partial charge in [-0.15, -0.1) is 10.2 Å². The third-order valence-electron chi connectivity index (χ3n) is 1.96. The number of carbonyl (C=O) groups is 1. The molecule has 0 radical (unpaired) electrons. The summed E-state index contributed by atoms with van der Waals surface area (Å²) >= 11 is 1.40. The Kier molecular flexibility index (Phi) is 3.40. The number of aryl methyl sites for hydroxylation is 1. The van der Waals surface area contributed by atoms with Gasteiger partial charge in [0.2, 0.25) is 5.13 Å². The zero-order valence-corrected chi connectivity index (χ0v) is 9.21. The van der Waals surface area contributed by atoms with Gasteiger partial charge in [-0.1, -0.05) is 18.3 Å². The second-order valence-corrected chi connectivity index (χ2v) is 4.14. The molecule has 0 aliphatic rings. The number of likely N-dealkylation sites (N-methyl/N-ethyl adjacent to an activating group) is 1. The molecule has 78 valence electrons. The van der Waals surface area contributed by atoms with Crippen molar-refractivity contribution in [2.24, 2.45) is 0 Å². The average molecular weight is 215 g/mol. The monoisotopic (exact) mass is 215 g/mol.